The molecule has 1 aliphatic heterocycles. The predicted molar refractivity (Wildman–Crippen MR) is 102 cm³/mol. The zero-order chi connectivity index (χ0) is 18.4. The highest BCUT2D eigenvalue weighted by atomic mass is 16.6. The summed E-state index contributed by atoms with van der Waals surface area (Å²) in [4.78, 5) is 25.7. The molecule has 0 bridgehead atoms. The zero-order valence-corrected chi connectivity index (χ0v) is 14.8. The fraction of sp³-hybridized carbons (Fsp3) is 0.381. The van der Waals surface area contributed by atoms with Crippen LogP contribution in [0, 0.1) is 10.1 Å². The number of nitro groups is 1. The average Bonchev–Trinajstić information content (AvgIpc) is 2.68. The minimum absolute atomic E-state index is 0.0501. The molecule has 0 radical (unpaired) electrons. The topological polar surface area (TPSA) is 63.4 Å². The van der Waals surface area contributed by atoms with Crippen molar-refractivity contribution in [2.45, 2.75) is 31.6 Å². The average molecular weight is 352 g/mol. The summed E-state index contributed by atoms with van der Waals surface area (Å²) < 4.78 is 0. The van der Waals surface area contributed by atoms with Gasteiger partial charge in [-0.15, -0.1) is 0 Å². The number of hydrogen-bond acceptors (Lipinski definition) is 4. The molecule has 1 saturated heterocycles. The molecule has 1 atom stereocenters. The number of anilines is 1. The van der Waals surface area contributed by atoms with E-state index in [1.165, 1.54) is 19.3 Å². The third-order valence-electron chi connectivity index (χ3n) is 4.98. The molecule has 2 aromatic rings. The first kappa shape index (κ1) is 18.1. The van der Waals surface area contributed by atoms with Crippen LogP contribution in [0.4, 0.5) is 5.69 Å². The summed E-state index contributed by atoms with van der Waals surface area (Å²) in [5.74, 6) is -0.452. The van der Waals surface area contributed by atoms with Gasteiger partial charge < -0.3 is 4.90 Å². The molecule has 0 spiro atoms. The van der Waals surface area contributed by atoms with E-state index in [9.17, 15) is 14.9 Å². The number of carbonyl (C=O) groups excluding carboxylic acids is 1. The van der Waals surface area contributed by atoms with Gasteiger partial charge in [0, 0.05) is 35.7 Å². The standard InChI is InChI=1S/C21H24N2O3/c24-21(15-19(16-23(25)26)17-7-3-1-4-8-17)18-9-11-20(12-10-18)22-13-5-2-6-14-22/h1,3-4,7-12,19H,2,5-6,13-16H2. The highest BCUT2D eigenvalue weighted by Gasteiger charge is 2.22. The number of rotatable bonds is 7. The molecule has 1 fully saturated rings. The van der Waals surface area contributed by atoms with Crippen molar-refractivity contribution in [3.05, 3.63) is 75.8 Å². The number of hydrogen-bond donors (Lipinski definition) is 0. The van der Waals surface area contributed by atoms with Crippen LogP contribution in [-0.2, 0) is 0 Å². The second-order valence-corrected chi connectivity index (χ2v) is 6.84. The lowest BCUT2D eigenvalue weighted by Crippen LogP contribution is -2.29. The minimum atomic E-state index is -0.402. The van der Waals surface area contributed by atoms with Crippen LogP contribution in [0.15, 0.2) is 54.6 Å². The van der Waals surface area contributed by atoms with Crippen molar-refractivity contribution < 1.29 is 9.72 Å². The summed E-state index contributed by atoms with van der Waals surface area (Å²) in [6, 6.07) is 16.9. The van der Waals surface area contributed by atoms with E-state index >= 15 is 0 Å². The smallest absolute Gasteiger partial charge is 0.211 e. The molecular weight excluding hydrogens is 328 g/mol. The molecule has 5 heteroatoms. The van der Waals surface area contributed by atoms with Crippen LogP contribution in [0.2, 0.25) is 0 Å². The highest BCUT2D eigenvalue weighted by molar-refractivity contribution is 5.96. The van der Waals surface area contributed by atoms with Gasteiger partial charge in [-0.2, -0.15) is 0 Å². The van der Waals surface area contributed by atoms with Gasteiger partial charge in [0.15, 0.2) is 5.78 Å². The molecular formula is C21H24N2O3. The lowest BCUT2D eigenvalue weighted by Gasteiger charge is -2.28. The van der Waals surface area contributed by atoms with Gasteiger partial charge in [-0.1, -0.05) is 30.3 Å². The number of Topliss-reactive ketones (excluding diaryl/α,β-unsaturated/α-hetero) is 1. The van der Waals surface area contributed by atoms with Gasteiger partial charge in [0.1, 0.15) is 0 Å². The molecule has 3 rings (SSSR count). The van der Waals surface area contributed by atoms with Gasteiger partial charge in [-0.3, -0.25) is 14.9 Å². The molecule has 0 saturated carbocycles. The van der Waals surface area contributed by atoms with Gasteiger partial charge in [-0.25, -0.2) is 0 Å². The van der Waals surface area contributed by atoms with Crippen LogP contribution >= 0.6 is 0 Å². The molecule has 26 heavy (non-hydrogen) atoms. The number of piperidine rings is 1. The molecule has 1 unspecified atom stereocenters. The molecule has 0 amide bonds. The normalized spacial score (nSPS) is 15.5. The number of ketones is 1. The summed E-state index contributed by atoms with van der Waals surface area (Å²) in [5, 5.41) is 11.0. The predicted octanol–water partition coefficient (Wildman–Crippen LogP) is 4.31. The van der Waals surface area contributed by atoms with Crippen LogP contribution in [0.5, 0.6) is 0 Å². The minimum Gasteiger partial charge on any atom is -0.372 e. The Morgan fingerprint density at radius 1 is 1.00 bits per heavy atom. The van der Waals surface area contributed by atoms with Gasteiger partial charge in [0.2, 0.25) is 6.54 Å². The number of nitrogens with zero attached hydrogens (tertiary/aromatic N) is 2. The van der Waals surface area contributed by atoms with Crippen LogP contribution in [0.25, 0.3) is 0 Å². The van der Waals surface area contributed by atoms with Crippen LogP contribution in [0.3, 0.4) is 0 Å². The second-order valence-electron chi connectivity index (χ2n) is 6.84. The summed E-state index contributed by atoms with van der Waals surface area (Å²) in [5.41, 5.74) is 2.60. The second kappa shape index (κ2) is 8.61. The van der Waals surface area contributed by atoms with Gasteiger partial charge in [-0.05, 0) is 49.1 Å². The van der Waals surface area contributed by atoms with Crippen molar-refractivity contribution in [2.75, 3.05) is 24.5 Å². The van der Waals surface area contributed by atoms with Gasteiger partial charge >= 0.3 is 0 Å². The van der Waals surface area contributed by atoms with Crippen molar-refractivity contribution in [3.63, 3.8) is 0 Å². The lowest BCUT2D eigenvalue weighted by molar-refractivity contribution is -0.483. The van der Waals surface area contributed by atoms with Crippen molar-refractivity contribution in [2.24, 2.45) is 0 Å². The van der Waals surface area contributed by atoms with E-state index in [4.69, 9.17) is 0 Å². The fourth-order valence-electron chi connectivity index (χ4n) is 3.54. The third-order valence-corrected chi connectivity index (χ3v) is 4.98. The van der Waals surface area contributed by atoms with E-state index < -0.39 is 5.92 Å². The molecule has 0 N–H and O–H groups in total. The monoisotopic (exact) mass is 352 g/mol. The Morgan fingerprint density at radius 2 is 1.65 bits per heavy atom. The van der Waals surface area contributed by atoms with Crippen LogP contribution < -0.4 is 4.90 Å². The molecule has 1 aliphatic rings. The fourth-order valence-corrected chi connectivity index (χ4v) is 3.54. The largest absolute Gasteiger partial charge is 0.372 e. The molecule has 5 nitrogen and oxygen atoms in total. The van der Waals surface area contributed by atoms with Crippen LogP contribution in [-0.4, -0.2) is 30.3 Å². The molecule has 0 aromatic heterocycles. The van der Waals surface area contributed by atoms with E-state index in [-0.39, 0.29) is 23.7 Å². The quantitative estimate of drug-likeness (QED) is 0.423. The van der Waals surface area contributed by atoms with Crippen molar-refractivity contribution >= 4 is 11.5 Å². The van der Waals surface area contributed by atoms with E-state index in [0.29, 0.717) is 5.56 Å². The van der Waals surface area contributed by atoms with E-state index in [2.05, 4.69) is 4.90 Å². The Balaban J connectivity index is 1.69. The Bertz CT molecular complexity index is 738. The first-order valence-electron chi connectivity index (χ1n) is 9.18. The molecule has 2 aromatic carbocycles. The Morgan fingerprint density at radius 3 is 2.27 bits per heavy atom. The van der Waals surface area contributed by atoms with Crippen molar-refractivity contribution in [3.8, 4) is 0 Å². The zero-order valence-electron chi connectivity index (χ0n) is 14.8. The Hall–Kier alpha value is -2.69. The summed E-state index contributed by atoms with van der Waals surface area (Å²) >= 11 is 0. The summed E-state index contributed by atoms with van der Waals surface area (Å²) in [7, 11) is 0. The maximum absolute atomic E-state index is 12.7. The molecule has 1 heterocycles. The lowest BCUT2D eigenvalue weighted by atomic mass is 9.91. The highest BCUT2D eigenvalue weighted by Crippen LogP contribution is 2.24. The van der Waals surface area contributed by atoms with E-state index in [0.717, 1.165) is 24.3 Å². The SMILES string of the molecule is O=C(CC(C[N+](=O)[O-])c1ccccc1)c1ccc(N2CCCCC2)cc1. The molecule has 0 aliphatic carbocycles. The number of carbonyl (C=O) groups is 1. The summed E-state index contributed by atoms with van der Waals surface area (Å²) in [6.45, 7) is 1.89. The maximum atomic E-state index is 12.7. The number of benzene rings is 2. The Kier molecular flexibility index (Phi) is 6.00. The van der Waals surface area contributed by atoms with E-state index in [1.54, 1.807) is 0 Å². The van der Waals surface area contributed by atoms with Crippen LogP contribution in [0.1, 0.15) is 47.5 Å². The van der Waals surface area contributed by atoms with Crippen molar-refractivity contribution in [1.82, 2.24) is 0 Å². The summed E-state index contributed by atoms with van der Waals surface area (Å²) in [6.07, 6.45) is 3.85. The first-order chi connectivity index (χ1) is 12.6. The first-order valence-corrected chi connectivity index (χ1v) is 9.18. The third kappa shape index (κ3) is 4.69. The molecule has 136 valence electrons. The van der Waals surface area contributed by atoms with Gasteiger partial charge in [0.25, 0.3) is 0 Å². The maximum Gasteiger partial charge on any atom is 0.211 e. The van der Waals surface area contributed by atoms with Gasteiger partial charge in [0.05, 0.1) is 5.92 Å². The van der Waals surface area contributed by atoms with E-state index in [1.807, 2.05) is 54.6 Å². The Labute approximate surface area is 153 Å². The van der Waals surface area contributed by atoms with Crippen molar-refractivity contribution in [1.29, 1.82) is 0 Å².